The van der Waals surface area contributed by atoms with Gasteiger partial charge in [0.2, 0.25) is 0 Å². The Kier molecular flexibility index (Phi) is 15.9. The summed E-state index contributed by atoms with van der Waals surface area (Å²) in [7, 11) is 8.21. The number of nitrogens with two attached hydrogens (primary N) is 2. The summed E-state index contributed by atoms with van der Waals surface area (Å²) in [5.41, 5.74) is 15.0. The van der Waals surface area contributed by atoms with Crippen molar-refractivity contribution in [1.82, 2.24) is 10.6 Å². The lowest BCUT2D eigenvalue weighted by molar-refractivity contribution is -0.120. The highest BCUT2D eigenvalue weighted by molar-refractivity contribution is 6.13. The number of amides is 4. The minimum atomic E-state index is -0.696. The first-order chi connectivity index (χ1) is 35.5. The third kappa shape index (κ3) is 10.9. The molecule has 20 heteroatoms. The average molecular weight is 1010 g/mol. The van der Waals surface area contributed by atoms with E-state index in [0.29, 0.717) is 55.3 Å². The van der Waals surface area contributed by atoms with Gasteiger partial charge in [-0.2, -0.15) is 0 Å². The van der Waals surface area contributed by atoms with Crippen LogP contribution < -0.4 is 41.0 Å². The fourth-order valence-corrected chi connectivity index (χ4v) is 7.83. The fraction of sp³-hybridized carbons (Fsp3) is 0.148. The van der Waals surface area contributed by atoms with E-state index in [1.807, 2.05) is 0 Å². The van der Waals surface area contributed by atoms with Crippen LogP contribution in [0, 0.1) is 11.6 Å². The number of rotatable bonds is 16. The highest BCUT2D eigenvalue weighted by Gasteiger charge is 2.27. The lowest BCUT2D eigenvalue weighted by atomic mass is 9.97. The second-order valence-electron chi connectivity index (χ2n) is 15.8. The van der Waals surface area contributed by atoms with Gasteiger partial charge in [0, 0.05) is 59.3 Å². The van der Waals surface area contributed by atoms with Gasteiger partial charge in [-0.3, -0.25) is 19.2 Å². The molecule has 0 aliphatic heterocycles. The van der Waals surface area contributed by atoms with E-state index in [2.05, 4.69) is 10.6 Å². The zero-order chi connectivity index (χ0) is 53.4. The van der Waals surface area contributed by atoms with Gasteiger partial charge in [0.05, 0.1) is 39.6 Å². The molecule has 6 aromatic carbocycles. The molecule has 0 bridgehead atoms. The first kappa shape index (κ1) is 52.1. The Labute approximate surface area is 420 Å². The number of nitrogens with one attached hydrogen (secondary N) is 2. The number of carbonyl (C=O) groups excluding carboxylic acids is 6. The Bertz CT molecular complexity index is 3250. The minimum Gasteiger partial charge on any atom is -0.496 e. The molecule has 0 fully saturated rings. The predicted octanol–water partition coefficient (Wildman–Crippen LogP) is 7.85. The number of primary amides is 2. The summed E-state index contributed by atoms with van der Waals surface area (Å²) in [6.07, 6.45) is 0. The molecule has 0 atom stereocenters. The normalized spacial score (nSPS) is 10.7. The summed E-state index contributed by atoms with van der Waals surface area (Å²) in [6.45, 7) is -0.834. The zero-order valence-electron chi connectivity index (χ0n) is 40.4. The standard InChI is InChI=1S/2C27H23FN2O7/c2*1-30-26(32)24-18-10-15(6-9-20(18)37-25(24)14-4-7-16(28)8-5-14)17-11-19(27(33)35-3)21(34-2)12-22(17)36-13-23(29)31/h2*4-12H,13H2,1-3H3,(H2,29,31)(H,30,32). The van der Waals surface area contributed by atoms with Crippen molar-refractivity contribution >= 4 is 57.5 Å². The van der Waals surface area contributed by atoms with Gasteiger partial charge in [0.1, 0.15) is 68.4 Å². The second-order valence-corrected chi connectivity index (χ2v) is 15.8. The molecule has 8 aromatic rings. The lowest BCUT2D eigenvalue weighted by Gasteiger charge is -2.15. The number of ether oxygens (including phenoxy) is 6. The van der Waals surface area contributed by atoms with Crippen LogP contribution in [0.2, 0.25) is 0 Å². The smallest absolute Gasteiger partial charge is 0.341 e. The number of halogens is 2. The van der Waals surface area contributed by atoms with Crippen molar-refractivity contribution in [1.29, 1.82) is 0 Å². The van der Waals surface area contributed by atoms with E-state index in [0.717, 1.165) is 0 Å². The van der Waals surface area contributed by atoms with Gasteiger partial charge in [-0.15, -0.1) is 0 Å². The topological polar surface area (TPSA) is 260 Å². The van der Waals surface area contributed by atoms with Crippen LogP contribution >= 0.6 is 0 Å². The van der Waals surface area contributed by atoms with Crippen LogP contribution in [0.5, 0.6) is 23.0 Å². The summed E-state index contributed by atoms with van der Waals surface area (Å²) in [5.74, 6) is -3.05. The molecule has 0 aliphatic carbocycles. The quantitative estimate of drug-likeness (QED) is 0.0672. The highest BCUT2D eigenvalue weighted by atomic mass is 19.1. The lowest BCUT2D eigenvalue weighted by Crippen LogP contribution is -2.20. The van der Waals surface area contributed by atoms with Crippen molar-refractivity contribution in [3.63, 3.8) is 0 Å². The largest absolute Gasteiger partial charge is 0.496 e. The molecule has 2 aromatic heterocycles. The molecule has 0 saturated heterocycles. The summed E-state index contributed by atoms with van der Waals surface area (Å²) < 4.78 is 70.6. The van der Waals surface area contributed by atoms with E-state index in [1.165, 1.54) is 115 Å². The number of benzene rings is 6. The first-order valence-electron chi connectivity index (χ1n) is 22.1. The molecule has 2 heterocycles. The van der Waals surface area contributed by atoms with Gasteiger partial charge in [0.15, 0.2) is 13.2 Å². The van der Waals surface area contributed by atoms with Gasteiger partial charge in [-0.1, -0.05) is 12.1 Å². The fourth-order valence-electron chi connectivity index (χ4n) is 7.83. The Balaban J connectivity index is 0.000000216. The summed E-state index contributed by atoms with van der Waals surface area (Å²) in [5, 5.41) is 6.14. The number of fused-ring (bicyclic) bond motifs is 2. The SMILES string of the molecule is CNC(=O)c1c(-c2ccc(F)cc2)oc2ccc(-c3cc(C(=O)OC)c(OC)cc3OCC(N)=O)cc12.CNC(=O)c1c(-c2ccc(F)cc2)oc2ccc(-c3cc(C(=O)OC)c(OC)cc3OCC(N)=O)cc12. The van der Waals surface area contributed by atoms with Crippen LogP contribution in [0.1, 0.15) is 41.4 Å². The number of methoxy groups -OCH3 is 4. The average Bonchev–Trinajstić information content (AvgIpc) is 3.99. The van der Waals surface area contributed by atoms with Crippen LogP contribution in [0.15, 0.2) is 118 Å². The second kappa shape index (κ2) is 22.6. The molecule has 0 unspecified atom stereocenters. The molecule has 0 radical (unpaired) electrons. The molecular formula is C54H46F2N4O14. The zero-order valence-corrected chi connectivity index (χ0v) is 40.4. The summed E-state index contributed by atoms with van der Waals surface area (Å²) in [6, 6.07) is 27.2. The molecule has 6 N–H and O–H groups in total. The molecule has 0 aliphatic rings. The van der Waals surface area contributed by atoms with Crippen LogP contribution in [-0.4, -0.2) is 91.3 Å². The minimum absolute atomic E-state index is 0.122. The Hall–Kier alpha value is -9.72. The van der Waals surface area contributed by atoms with Crippen LogP contribution in [0.4, 0.5) is 8.78 Å². The number of esters is 2. The number of hydrogen-bond acceptors (Lipinski definition) is 14. The maximum Gasteiger partial charge on any atom is 0.341 e. The Morgan fingerprint density at radius 1 is 0.486 bits per heavy atom. The molecule has 4 amide bonds. The predicted molar refractivity (Wildman–Crippen MR) is 266 cm³/mol. The third-order valence-corrected chi connectivity index (χ3v) is 11.3. The molecule has 8 rings (SSSR count). The molecule has 380 valence electrons. The van der Waals surface area contributed by atoms with Gasteiger partial charge in [0.25, 0.3) is 23.6 Å². The Morgan fingerprint density at radius 2 is 0.838 bits per heavy atom. The van der Waals surface area contributed by atoms with Crippen LogP contribution in [0.3, 0.4) is 0 Å². The van der Waals surface area contributed by atoms with Gasteiger partial charge < -0.3 is 59.4 Å². The van der Waals surface area contributed by atoms with E-state index in [1.54, 1.807) is 36.4 Å². The van der Waals surface area contributed by atoms with E-state index in [4.69, 9.17) is 48.7 Å². The van der Waals surface area contributed by atoms with Crippen molar-refractivity contribution in [2.24, 2.45) is 11.5 Å². The Morgan fingerprint density at radius 3 is 1.15 bits per heavy atom. The maximum absolute atomic E-state index is 13.5. The molecular weight excluding hydrogens is 967 g/mol. The maximum atomic E-state index is 13.5. The van der Waals surface area contributed by atoms with Crippen molar-refractivity contribution in [3.05, 3.63) is 143 Å². The van der Waals surface area contributed by atoms with Crippen molar-refractivity contribution in [3.8, 4) is 67.9 Å². The van der Waals surface area contributed by atoms with E-state index >= 15 is 0 Å². The van der Waals surface area contributed by atoms with Crippen molar-refractivity contribution in [2.75, 3.05) is 55.7 Å². The highest BCUT2D eigenvalue weighted by Crippen LogP contribution is 2.43. The van der Waals surface area contributed by atoms with Crippen LogP contribution in [-0.2, 0) is 19.1 Å². The van der Waals surface area contributed by atoms with Crippen molar-refractivity contribution < 1.29 is 74.8 Å². The van der Waals surface area contributed by atoms with Gasteiger partial charge in [-0.05, 0) is 96.1 Å². The van der Waals surface area contributed by atoms with E-state index in [9.17, 15) is 37.5 Å². The monoisotopic (exact) mass is 1010 g/mol. The summed E-state index contributed by atoms with van der Waals surface area (Å²) in [4.78, 5) is 73.4. The van der Waals surface area contributed by atoms with Crippen molar-refractivity contribution in [2.45, 2.75) is 0 Å². The number of carbonyl (C=O) groups is 6. The third-order valence-electron chi connectivity index (χ3n) is 11.3. The van der Waals surface area contributed by atoms with E-state index < -0.39 is 60.4 Å². The van der Waals surface area contributed by atoms with Gasteiger partial charge in [-0.25, -0.2) is 18.4 Å². The molecule has 0 spiro atoms. The molecule has 0 saturated carbocycles. The molecule has 18 nitrogen and oxygen atoms in total. The summed E-state index contributed by atoms with van der Waals surface area (Å²) >= 11 is 0. The number of hydrogen-bond donors (Lipinski definition) is 4. The van der Waals surface area contributed by atoms with Gasteiger partial charge >= 0.3 is 11.9 Å². The first-order valence-corrected chi connectivity index (χ1v) is 22.1. The number of furan rings is 2. The van der Waals surface area contributed by atoms with Crippen LogP contribution in [0.25, 0.3) is 66.8 Å². The molecule has 74 heavy (non-hydrogen) atoms. The van der Waals surface area contributed by atoms with E-state index in [-0.39, 0.29) is 56.8 Å².